The van der Waals surface area contributed by atoms with Crippen LogP contribution in [0.5, 0.6) is 0 Å². The third-order valence-corrected chi connectivity index (χ3v) is 1.77. The minimum absolute atomic E-state index is 1.05. The molecule has 0 spiro atoms. The zero-order valence-electron chi connectivity index (χ0n) is 8.20. The predicted molar refractivity (Wildman–Crippen MR) is 57.3 cm³/mol. The third kappa shape index (κ3) is 2.86. The lowest BCUT2D eigenvalue weighted by Crippen LogP contribution is -1.81. The highest BCUT2D eigenvalue weighted by Crippen LogP contribution is 2.14. The van der Waals surface area contributed by atoms with Crippen LogP contribution in [0.15, 0.2) is 42.8 Å². The van der Waals surface area contributed by atoms with Crippen molar-refractivity contribution in [1.29, 1.82) is 0 Å². The molecule has 0 bridgehead atoms. The molecule has 0 aliphatic heterocycles. The van der Waals surface area contributed by atoms with Gasteiger partial charge in [0.2, 0.25) is 0 Å². The summed E-state index contributed by atoms with van der Waals surface area (Å²) in [4.78, 5) is 4.10. The lowest BCUT2D eigenvalue weighted by atomic mass is 10.1. The van der Waals surface area contributed by atoms with Gasteiger partial charge in [-0.05, 0) is 30.5 Å². The first kappa shape index (κ1) is 9.72. The van der Waals surface area contributed by atoms with Gasteiger partial charge in [0.15, 0.2) is 0 Å². The summed E-state index contributed by atoms with van der Waals surface area (Å²) in [6, 6.07) is 4.04. The number of hydrogen-bond donors (Lipinski definition) is 0. The summed E-state index contributed by atoms with van der Waals surface area (Å²) >= 11 is 0. The summed E-state index contributed by atoms with van der Waals surface area (Å²) in [5.41, 5.74) is 2.43. The minimum Gasteiger partial charge on any atom is -0.264 e. The molecule has 1 rings (SSSR count). The first-order valence-electron chi connectivity index (χ1n) is 4.61. The van der Waals surface area contributed by atoms with Gasteiger partial charge >= 0.3 is 0 Å². The molecule has 0 aliphatic rings. The van der Waals surface area contributed by atoms with Crippen molar-refractivity contribution in [1.82, 2.24) is 4.98 Å². The van der Waals surface area contributed by atoms with Crippen LogP contribution in [0, 0.1) is 0 Å². The van der Waals surface area contributed by atoms with Crippen molar-refractivity contribution in [2.45, 2.75) is 20.3 Å². The van der Waals surface area contributed by atoms with Gasteiger partial charge in [0.25, 0.3) is 0 Å². The minimum atomic E-state index is 1.05. The van der Waals surface area contributed by atoms with Crippen molar-refractivity contribution in [2.24, 2.45) is 0 Å². The summed E-state index contributed by atoms with van der Waals surface area (Å²) in [6.07, 6.45) is 11.1. The Hall–Kier alpha value is -1.37. The molecule has 13 heavy (non-hydrogen) atoms. The highest BCUT2D eigenvalue weighted by atomic mass is 14.6. The third-order valence-electron chi connectivity index (χ3n) is 1.77. The Balaban J connectivity index is 2.96. The molecule has 0 unspecified atom stereocenters. The Morgan fingerprint density at radius 1 is 1.54 bits per heavy atom. The van der Waals surface area contributed by atoms with Gasteiger partial charge in [-0.2, -0.15) is 0 Å². The first-order chi connectivity index (χ1) is 6.38. The predicted octanol–water partition coefficient (Wildman–Crippen LogP) is 3.45. The van der Waals surface area contributed by atoms with Crippen molar-refractivity contribution in [3.63, 3.8) is 0 Å². The molecule has 1 heterocycles. The number of hydrogen-bond acceptors (Lipinski definition) is 1. The van der Waals surface area contributed by atoms with Gasteiger partial charge in [0.1, 0.15) is 0 Å². The second kappa shape index (κ2) is 5.31. The van der Waals surface area contributed by atoms with E-state index in [-0.39, 0.29) is 0 Å². The van der Waals surface area contributed by atoms with Gasteiger partial charge in [0.05, 0.1) is 0 Å². The van der Waals surface area contributed by atoms with Crippen molar-refractivity contribution >= 4 is 5.57 Å². The Morgan fingerprint density at radius 3 is 2.92 bits per heavy atom. The maximum Gasteiger partial charge on any atom is 0.0346 e. The molecule has 1 nitrogen and oxygen atoms in total. The highest BCUT2D eigenvalue weighted by Gasteiger charge is 1.94. The van der Waals surface area contributed by atoms with Crippen LogP contribution in [0.1, 0.15) is 25.8 Å². The Morgan fingerprint density at radius 2 is 2.38 bits per heavy atom. The van der Waals surface area contributed by atoms with Gasteiger partial charge in [-0.15, -0.1) is 0 Å². The Bertz CT molecular complexity index is 296. The normalized spacial score (nSPS) is 12.3. The summed E-state index contributed by atoms with van der Waals surface area (Å²) < 4.78 is 0. The smallest absolute Gasteiger partial charge is 0.0346 e. The van der Waals surface area contributed by atoms with Crippen LogP contribution >= 0.6 is 0 Å². The van der Waals surface area contributed by atoms with Crippen LogP contribution in [-0.4, -0.2) is 4.98 Å². The van der Waals surface area contributed by atoms with Gasteiger partial charge in [-0.3, -0.25) is 4.98 Å². The fourth-order valence-corrected chi connectivity index (χ4v) is 1.22. The van der Waals surface area contributed by atoms with Crippen molar-refractivity contribution in [2.75, 3.05) is 0 Å². The van der Waals surface area contributed by atoms with Crippen LogP contribution in [-0.2, 0) is 0 Å². The molecule has 0 aromatic carbocycles. The molecule has 0 saturated carbocycles. The standard InChI is InChI=1S/C12H15N/c1-3-6-11(7-4-2)12-8-5-9-13-10-12/h3,5-10H,4H2,1-2H3/b6-3-,11-7+. The number of rotatable bonds is 3. The first-order valence-corrected chi connectivity index (χ1v) is 4.61. The van der Waals surface area contributed by atoms with E-state index >= 15 is 0 Å². The van der Waals surface area contributed by atoms with E-state index < -0.39 is 0 Å². The van der Waals surface area contributed by atoms with E-state index in [0.29, 0.717) is 0 Å². The summed E-state index contributed by atoms with van der Waals surface area (Å²) in [5, 5.41) is 0. The Labute approximate surface area is 79.8 Å². The molecular formula is C12H15N. The molecule has 0 aliphatic carbocycles. The van der Waals surface area contributed by atoms with E-state index in [1.807, 2.05) is 19.2 Å². The molecule has 0 amide bonds. The SMILES string of the molecule is C/C=C\C(=C/CC)c1cccnc1. The zero-order valence-corrected chi connectivity index (χ0v) is 8.20. The molecule has 1 heteroatoms. The number of nitrogens with zero attached hydrogens (tertiary/aromatic N) is 1. The van der Waals surface area contributed by atoms with Gasteiger partial charge in [-0.1, -0.05) is 31.2 Å². The molecule has 1 aromatic rings. The van der Waals surface area contributed by atoms with Crippen molar-refractivity contribution in [3.05, 3.63) is 48.3 Å². The maximum atomic E-state index is 4.10. The molecule has 0 N–H and O–H groups in total. The lowest BCUT2D eigenvalue weighted by Gasteiger charge is -2.00. The summed E-state index contributed by atoms with van der Waals surface area (Å²) in [5.74, 6) is 0. The maximum absolute atomic E-state index is 4.10. The molecule has 0 fully saturated rings. The summed E-state index contributed by atoms with van der Waals surface area (Å²) in [6.45, 7) is 4.17. The summed E-state index contributed by atoms with van der Waals surface area (Å²) in [7, 11) is 0. The number of aromatic nitrogens is 1. The highest BCUT2D eigenvalue weighted by molar-refractivity contribution is 5.73. The van der Waals surface area contributed by atoms with Crippen LogP contribution in [0.4, 0.5) is 0 Å². The van der Waals surface area contributed by atoms with E-state index in [1.165, 1.54) is 11.1 Å². The number of allylic oxidation sites excluding steroid dienone is 4. The Kier molecular flexibility index (Phi) is 3.97. The second-order valence-corrected chi connectivity index (χ2v) is 2.81. The molecular weight excluding hydrogens is 158 g/mol. The fraction of sp³-hybridized carbons (Fsp3) is 0.250. The van der Waals surface area contributed by atoms with Crippen LogP contribution < -0.4 is 0 Å². The van der Waals surface area contributed by atoms with Crippen LogP contribution in [0.2, 0.25) is 0 Å². The lowest BCUT2D eigenvalue weighted by molar-refractivity contribution is 1.22. The average Bonchev–Trinajstić information content (AvgIpc) is 2.19. The van der Waals surface area contributed by atoms with Gasteiger partial charge < -0.3 is 0 Å². The number of pyridine rings is 1. The van der Waals surface area contributed by atoms with E-state index in [2.05, 4.69) is 36.2 Å². The van der Waals surface area contributed by atoms with Crippen molar-refractivity contribution < 1.29 is 0 Å². The molecule has 0 radical (unpaired) electrons. The van der Waals surface area contributed by atoms with E-state index in [0.717, 1.165) is 6.42 Å². The quantitative estimate of drug-likeness (QED) is 0.638. The van der Waals surface area contributed by atoms with Crippen LogP contribution in [0.25, 0.3) is 5.57 Å². The zero-order chi connectivity index (χ0) is 9.52. The van der Waals surface area contributed by atoms with Gasteiger partial charge in [-0.25, -0.2) is 0 Å². The topological polar surface area (TPSA) is 12.9 Å². The molecule has 68 valence electrons. The van der Waals surface area contributed by atoms with Gasteiger partial charge in [0, 0.05) is 12.4 Å². The molecule has 0 atom stereocenters. The molecule has 0 saturated heterocycles. The van der Waals surface area contributed by atoms with E-state index in [1.54, 1.807) is 6.20 Å². The monoisotopic (exact) mass is 173 g/mol. The fourth-order valence-electron chi connectivity index (χ4n) is 1.22. The van der Waals surface area contributed by atoms with E-state index in [4.69, 9.17) is 0 Å². The van der Waals surface area contributed by atoms with Crippen LogP contribution in [0.3, 0.4) is 0 Å². The molecule has 1 aromatic heterocycles. The van der Waals surface area contributed by atoms with Crippen molar-refractivity contribution in [3.8, 4) is 0 Å². The van der Waals surface area contributed by atoms with E-state index in [9.17, 15) is 0 Å². The second-order valence-electron chi connectivity index (χ2n) is 2.81. The average molecular weight is 173 g/mol. The largest absolute Gasteiger partial charge is 0.264 e.